The van der Waals surface area contributed by atoms with Crippen LogP contribution >= 0.6 is 11.6 Å². The van der Waals surface area contributed by atoms with Gasteiger partial charge in [-0.05, 0) is 12.1 Å². The molecule has 1 saturated heterocycles. The summed E-state index contributed by atoms with van der Waals surface area (Å²) < 4.78 is 5.34. The molecular formula is C12H13ClN4O. The maximum Gasteiger partial charge on any atom is 0.130 e. The van der Waals surface area contributed by atoms with E-state index in [4.69, 9.17) is 16.3 Å². The zero-order valence-electron chi connectivity index (χ0n) is 9.77. The number of hydrogen-bond donors (Lipinski definition) is 1. The highest BCUT2D eigenvalue weighted by Gasteiger charge is 2.14. The number of nitrogens with zero attached hydrogens (tertiary/aromatic N) is 3. The Bertz CT molecular complexity index is 523. The van der Waals surface area contributed by atoms with Gasteiger partial charge in [-0.25, -0.2) is 4.98 Å². The predicted molar refractivity (Wildman–Crippen MR) is 69.9 cm³/mol. The quantitative estimate of drug-likeness (QED) is 0.901. The average molecular weight is 265 g/mol. The summed E-state index contributed by atoms with van der Waals surface area (Å²) in [5, 5.41) is 7.39. The third kappa shape index (κ3) is 2.32. The third-order valence-electron chi connectivity index (χ3n) is 2.91. The number of ether oxygens (including phenoxy) is 1. The number of halogens is 1. The zero-order chi connectivity index (χ0) is 12.4. The molecule has 0 aliphatic carbocycles. The molecule has 3 heterocycles. The van der Waals surface area contributed by atoms with Crippen molar-refractivity contribution >= 4 is 17.4 Å². The van der Waals surface area contributed by atoms with Crippen LogP contribution in [0.1, 0.15) is 0 Å². The van der Waals surface area contributed by atoms with Gasteiger partial charge < -0.3 is 9.64 Å². The van der Waals surface area contributed by atoms with Crippen LogP contribution in [0.4, 0.5) is 5.82 Å². The van der Waals surface area contributed by atoms with Crippen LogP contribution in [0.3, 0.4) is 0 Å². The maximum atomic E-state index is 6.16. The van der Waals surface area contributed by atoms with Crippen molar-refractivity contribution in [3.63, 3.8) is 0 Å². The van der Waals surface area contributed by atoms with Crippen LogP contribution < -0.4 is 4.90 Å². The minimum Gasteiger partial charge on any atom is -0.378 e. The van der Waals surface area contributed by atoms with E-state index >= 15 is 0 Å². The monoisotopic (exact) mass is 264 g/mol. The molecule has 1 fully saturated rings. The Hall–Kier alpha value is -1.59. The number of anilines is 1. The number of morpholine rings is 1. The van der Waals surface area contributed by atoms with Crippen molar-refractivity contribution in [1.82, 2.24) is 15.2 Å². The summed E-state index contributed by atoms with van der Waals surface area (Å²) in [6.07, 6.45) is 3.55. The molecule has 0 atom stereocenters. The smallest absolute Gasteiger partial charge is 0.130 e. The highest BCUT2D eigenvalue weighted by molar-refractivity contribution is 6.31. The third-order valence-corrected chi connectivity index (χ3v) is 3.12. The van der Waals surface area contributed by atoms with E-state index in [0.717, 1.165) is 43.4 Å². The summed E-state index contributed by atoms with van der Waals surface area (Å²) in [6, 6.07) is 3.73. The van der Waals surface area contributed by atoms with E-state index in [1.807, 2.05) is 18.3 Å². The van der Waals surface area contributed by atoms with Crippen LogP contribution in [-0.2, 0) is 4.74 Å². The van der Waals surface area contributed by atoms with Gasteiger partial charge in [0, 0.05) is 29.9 Å². The number of pyridine rings is 1. The van der Waals surface area contributed by atoms with Gasteiger partial charge in [0.05, 0.1) is 25.1 Å². The predicted octanol–water partition coefficient (Wildman–Crippen LogP) is 1.96. The van der Waals surface area contributed by atoms with Crippen molar-refractivity contribution in [2.45, 2.75) is 0 Å². The number of aromatic amines is 1. The first-order valence-electron chi connectivity index (χ1n) is 5.82. The topological polar surface area (TPSA) is 54.0 Å². The molecule has 94 valence electrons. The molecule has 5 nitrogen and oxygen atoms in total. The van der Waals surface area contributed by atoms with Gasteiger partial charge in [-0.15, -0.1) is 0 Å². The molecule has 1 aliphatic rings. The highest BCUT2D eigenvalue weighted by Crippen LogP contribution is 2.25. The summed E-state index contributed by atoms with van der Waals surface area (Å²) >= 11 is 6.16. The van der Waals surface area contributed by atoms with Gasteiger partial charge in [0.1, 0.15) is 5.82 Å². The lowest BCUT2D eigenvalue weighted by atomic mass is 10.2. The SMILES string of the molecule is Clc1cc(-c2cn[nH]c2)nc(N2CCOCC2)c1. The van der Waals surface area contributed by atoms with Crippen LogP contribution in [0.25, 0.3) is 11.3 Å². The first-order chi connectivity index (χ1) is 8.83. The Morgan fingerprint density at radius 2 is 2.11 bits per heavy atom. The number of aromatic nitrogens is 3. The Morgan fingerprint density at radius 3 is 2.83 bits per heavy atom. The second-order valence-electron chi connectivity index (χ2n) is 4.12. The molecule has 2 aromatic rings. The Balaban J connectivity index is 1.95. The summed E-state index contributed by atoms with van der Waals surface area (Å²) in [6.45, 7) is 3.15. The molecule has 0 unspecified atom stereocenters. The van der Waals surface area contributed by atoms with E-state index in [9.17, 15) is 0 Å². The number of H-pyrrole nitrogens is 1. The van der Waals surface area contributed by atoms with Gasteiger partial charge in [0.15, 0.2) is 0 Å². The first kappa shape index (κ1) is 11.5. The van der Waals surface area contributed by atoms with Gasteiger partial charge in [0.2, 0.25) is 0 Å². The molecule has 0 saturated carbocycles. The van der Waals surface area contributed by atoms with Crippen LogP contribution in [0.2, 0.25) is 5.02 Å². The largest absolute Gasteiger partial charge is 0.378 e. The summed E-state index contributed by atoms with van der Waals surface area (Å²) in [4.78, 5) is 6.81. The zero-order valence-corrected chi connectivity index (χ0v) is 10.5. The average Bonchev–Trinajstić information content (AvgIpc) is 2.93. The number of rotatable bonds is 2. The van der Waals surface area contributed by atoms with Gasteiger partial charge in [-0.1, -0.05) is 11.6 Å². The molecule has 0 spiro atoms. The van der Waals surface area contributed by atoms with Crippen LogP contribution in [0.15, 0.2) is 24.5 Å². The molecule has 1 aliphatic heterocycles. The Kier molecular flexibility index (Phi) is 3.17. The minimum absolute atomic E-state index is 0.683. The number of hydrogen-bond acceptors (Lipinski definition) is 4. The van der Waals surface area contributed by atoms with E-state index in [0.29, 0.717) is 5.02 Å². The first-order valence-corrected chi connectivity index (χ1v) is 6.20. The standard InChI is InChI=1S/C12H13ClN4O/c13-10-5-11(9-7-14-15-8-9)16-12(6-10)17-1-3-18-4-2-17/h5-8H,1-4H2,(H,14,15). The van der Waals surface area contributed by atoms with Crippen molar-refractivity contribution < 1.29 is 4.74 Å². The molecule has 0 bridgehead atoms. The van der Waals surface area contributed by atoms with Crippen molar-refractivity contribution in [2.75, 3.05) is 31.2 Å². The Labute approximate surface area is 110 Å². The molecule has 0 radical (unpaired) electrons. The minimum atomic E-state index is 0.683. The fourth-order valence-electron chi connectivity index (χ4n) is 1.98. The van der Waals surface area contributed by atoms with Crippen molar-refractivity contribution in [3.8, 4) is 11.3 Å². The maximum absolute atomic E-state index is 6.16. The van der Waals surface area contributed by atoms with Gasteiger partial charge >= 0.3 is 0 Å². The van der Waals surface area contributed by atoms with Gasteiger partial charge in [0.25, 0.3) is 0 Å². The Morgan fingerprint density at radius 1 is 1.28 bits per heavy atom. The molecule has 18 heavy (non-hydrogen) atoms. The molecule has 1 N–H and O–H groups in total. The number of nitrogens with one attached hydrogen (secondary N) is 1. The lowest BCUT2D eigenvalue weighted by Gasteiger charge is -2.28. The highest BCUT2D eigenvalue weighted by atomic mass is 35.5. The lowest BCUT2D eigenvalue weighted by molar-refractivity contribution is 0.122. The fourth-order valence-corrected chi connectivity index (χ4v) is 2.18. The van der Waals surface area contributed by atoms with Crippen molar-refractivity contribution in [2.24, 2.45) is 0 Å². The summed E-state index contributed by atoms with van der Waals surface area (Å²) in [5.41, 5.74) is 1.77. The van der Waals surface area contributed by atoms with Crippen LogP contribution in [0, 0.1) is 0 Å². The van der Waals surface area contributed by atoms with E-state index in [-0.39, 0.29) is 0 Å². The van der Waals surface area contributed by atoms with Crippen molar-refractivity contribution in [3.05, 3.63) is 29.5 Å². The summed E-state index contributed by atoms with van der Waals surface area (Å²) in [5.74, 6) is 0.891. The van der Waals surface area contributed by atoms with Crippen LogP contribution in [-0.4, -0.2) is 41.5 Å². The van der Waals surface area contributed by atoms with E-state index in [2.05, 4.69) is 20.1 Å². The van der Waals surface area contributed by atoms with E-state index in [1.165, 1.54) is 0 Å². The molecule has 2 aromatic heterocycles. The van der Waals surface area contributed by atoms with Gasteiger partial charge in [-0.2, -0.15) is 5.10 Å². The van der Waals surface area contributed by atoms with E-state index in [1.54, 1.807) is 6.20 Å². The van der Waals surface area contributed by atoms with E-state index < -0.39 is 0 Å². The van der Waals surface area contributed by atoms with Crippen molar-refractivity contribution in [1.29, 1.82) is 0 Å². The molecule has 0 aromatic carbocycles. The van der Waals surface area contributed by atoms with Gasteiger partial charge in [-0.3, -0.25) is 5.10 Å². The summed E-state index contributed by atoms with van der Waals surface area (Å²) in [7, 11) is 0. The molecule has 0 amide bonds. The fraction of sp³-hybridized carbons (Fsp3) is 0.333. The van der Waals surface area contributed by atoms with Crippen LogP contribution in [0.5, 0.6) is 0 Å². The second-order valence-corrected chi connectivity index (χ2v) is 4.55. The molecule has 3 rings (SSSR count). The molecular weight excluding hydrogens is 252 g/mol. The lowest BCUT2D eigenvalue weighted by Crippen LogP contribution is -2.36. The second kappa shape index (κ2) is 4.96. The molecule has 6 heteroatoms. The normalized spacial score (nSPS) is 15.9.